The lowest BCUT2D eigenvalue weighted by molar-refractivity contribution is -0.144. The Morgan fingerprint density at radius 2 is 0.978 bits per heavy atom. The number of carbonyl (C=O) groups excluding carboxylic acids is 10. The van der Waals surface area contributed by atoms with Gasteiger partial charge in [0.15, 0.2) is 0 Å². The number of hydrogen-bond acceptors (Lipinski definition) is 13. The Morgan fingerprint density at radius 3 is 1.37 bits per heavy atom. The maximum atomic E-state index is 14.3. The molecule has 93 heavy (non-hydrogen) atoms. The molecule has 2 fully saturated rings. The van der Waals surface area contributed by atoms with Crippen molar-refractivity contribution in [2.75, 3.05) is 47.4 Å². The smallest absolute Gasteiger partial charge is 0.261 e. The standard InChI is InChI=1S/C40H50N4O6S.C32H42N4O5S/c1-26(2)35(37(46)41-3)43-23-21-29(28-12-6-5-7-13-28)24-33(40(43)49)42-36(45)34(51-25-27-17-19-30(50-4)20-18-27)16-10-11-22-44-38(47)31-14-8-9-15-32(31)39(44)48;1-20(2)27(29(38)33-3)35-18-16-22(21-11-5-4-6-12-21)19-25(32(35)41)34-28(37)26(42)15-9-10-17-36-30(39)23-13-7-8-14-24(23)31(36)40/h5-9,12,14-15,17-20,26,28-29,33-35H,10-11,13,16,21-25H2,1-4H3,(H,41,46)(H,42,45);4-8,11,13-14,20-22,25-27,42H,9-10,12,15-19H2,1-3H3,(H,33,38)(H,34,37)/t28?,29-,33?,34?,35+;21?,22-,25?,26?,27+/m11/s1. The highest BCUT2D eigenvalue weighted by Gasteiger charge is 2.44. The number of allylic oxidation sites excluding steroid dienone is 8. The number of rotatable bonds is 26. The van der Waals surface area contributed by atoms with Gasteiger partial charge in [-0.1, -0.05) is 126 Å². The molecule has 0 bridgehead atoms. The van der Waals surface area contributed by atoms with E-state index in [0.29, 0.717) is 92.5 Å². The molecule has 6 unspecified atom stereocenters. The predicted molar refractivity (Wildman–Crippen MR) is 363 cm³/mol. The number of likely N-dealkylation sites (N-methyl/N-ethyl adjacent to an activating group) is 2. The molecule has 4 N–H and O–H groups in total. The van der Waals surface area contributed by atoms with E-state index in [2.05, 4.69) is 58.2 Å². The molecule has 0 radical (unpaired) electrons. The fraction of sp³-hybridized carbons (Fsp3) is 0.500. The van der Waals surface area contributed by atoms with Crippen molar-refractivity contribution in [3.63, 3.8) is 0 Å². The first-order valence-electron chi connectivity index (χ1n) is 32.9. The molecule has 19 nitrogen and oxygen atoms in total. The second kappa shape index (κ2) is 33.9. The molecule has 10 amide bonds. The number of amides is 10. The second-order valence-electron chi connectivity index (χ2n) is 25.6. The van der Waals surface area contributed by atoms with E-state index in [0.717, 1.165) is 37.0 Å². The van der Waals surface area contributed by atoms with Gasteiger partial charge in [-0.25, -0.2) is 0 Å². The molecule has 10 atom stereocenters. The summed E-state index contributed by atoms with van der Waals surface area (Å²) >= 11 is 6.04. The Bertz CT molecular complexity index is 3260. The van der Waals surface area contributed by atoms with Gasteiger partial charge >= 0.3 is 0 Å². The quantitative estimate of drug-likeness (QED) is 0.0288. The predicted octanol–water partition coefficient (Wildman–Crippen LogP) is 8.77. The van der Waals surface area contributed by atoms with Crippen molar-refractivity contribution in [1.82, 2.24) is 40.9 Å². The van der Waals surface area contributed by atoms with Crippen molar-refractivity contribution in [2.45, 2.75) is 145 Å². The van der Waals surface area contributed by atoms with Gasteiger partial charge in [-0.2, -0.15) is 12.6 Å². The van der Waals surface area contributed by atoms with Crippen LogP contribution in [0.3, 0.4) is 0 Å². The Balaban J connectivity index is 0.000000244. The molecule has 0 aromatic heterocycles. The number of methoxy groups -OCH3 is 1. The molecule has 2 aliphatic carbocycles. The maximum absolute atomic E-state index is 14.3. The SMILES string of the molecule is CNC(=O)[C@H](C(C)C)N1CC[C@@H](C2C=CC=CC2)CC(NC(=O)C(CCCCN2C(=O)c3ccccc3C2=O)SCc2ccc(OC)cc2)C1=O.CNC(=O)[C@H](C(C)C)N1CC[C@@H](C2C=CC=CC2)CC(NC(=O)C(S)CCCCN2C(=O)c3ccccc3C2=O)C1=O. The lowest BCUT2D eigenvalue weighted by Crippen LogP contribution is -2.57. The zero-order chi connectivity index (χ0) is 66.9. The Labute approximate surface area is 557 Å². The molecule has 3 aromatic rings. The molecule has 498 valence electrons. The summed E-state index contributed by atoms with van der Waals surface area (Å²) in [5, 5.41) is 10.4. The lowest BCUT2D eigenvalue weighted by Gasteiger charge is -2.34. The highest BCUT2D eigenvalue weighted by atomic mass is 32.2. The van der Waals surface area contributed by atoms with Crippen LogP contribution in [0.15, 0.2) is 121 Å². The first-order chi connectivity index (χ1) is 44.8. The van der Waals surface area contributed by atoms with E-state index in [-0.39, 0.29) is 108 Å². The number of imide groups is 2. The zero-order valence-electron chi connectivity index (χ0n) is 54.6. The summed E-state index contributed by atoms with van der Waals surface area (Å²) in [7, 11) is 4.77. The van der Waals surface area contributed by atoms with E-state index >= 15 is 0 Å². The number of nitrogens with one attached hydrogen (secondary N) is 4. The van der Waals surface area contributed by atoms with Gasteiger partial charge < -0.3 is 35.8 Å². The number of nitrogens with zero attached hydrogens (tertiary/aromatic N) is 4. The van der Waals surface area contributed by atoms with E-state index in [4.69, 9.17) is 4.74 Å². The summed E-state index contributed by atoms with van der Waals surface area (Å²) in [5.41, 5.74) is 2.72. The van der Waals surface area contributed by atoms with Crippen molar-refractivity contribution < 1.29 is 52.7 Å². The molecule has 3 aromatic carbocycles. The Hall–Kier alpha value is -7.78. The number of ether oxygens (including phenoxy) is 1. The average molecular weight is 1310 g/mol. The highest BCUT2D eigenvalue weighted by molar-refractivity contribution is 7.99. The van der Waals surface area contributed by atoms with Crippen molar-refractivity contribution in [2.24, 2.45) is 35.5 Å². The molecule has 0 saturated carbocycles. The van der Waals surface area contributed by atoms with Crippen LogP contribution in [0.2, 0.25) is 0 Å². The van der Waals surface area contributed by atoms with Gasteiger partial charge in [-0.05, 0) is 142 Å². The summed E-state index contributed by atoms with van der Waals surface area (Å²) in [5.74, 6) is -0.707. The fourth-order valence-corrected chi connectivity index (χ4v) is 15.0. The molecule has 6 aliphatic rings. The van der Waals surface area contributed by atoms with Crippen molar-refractivity contribution in [3.05, 3.63) is 149 Å². The summed E-state index contributed by atoms with van der Waals surface area (Å²) in [6, 6.07) is 18.5. The van der Waals surface area contributed by atoms with Crippen molar-refractivity contribution in [3.8, 4) is 5.75 Å². The third kappa shape index (κ3) is 17.7. The van der Waals surface area contributed by atoms with Crippen LogP contribution in [0, 0.1) is 35.5 Å². The van der Waals surface area contributed by atoms with Crippen LogP contribution < -0.4 is 26.0 Å². The minimum absolute atomic E-state index is 0.0981. The lowest BCUT2D eigenvalue weighted by atomic mass is 9.81. The van der Waals surface area contributed by atoms with Gasteiger partial charge in [0.25, 0.3) is 23.6 Å². The summed E-state index contributed by atoms with van der Waals surface area (Å²) in [6.45, 7) is 9.13. The van der Waals surface area contributed by atoms with E-state index < -0.39 is 34.7 Å². The number of carbonyl (C=O) groups is 10. The second-order valence-corrected chi connectivity index (χ2v) is 27.4. The van der Waals surface area contributed by atoms with Gasteiger partial charge in [0, 0.05) is 46.0 Å². The van der Waals surface area contributed by atoms with Crippen LogP contribution in [-0.4, -0.2) is 161 Å². The van der Waals surface area contributed by atoms with Crippen LogP contribution in [0.1, 0.15) is 152 Å². The largest absolute Gasteiger partial charge is 0.497 e. The first kappa shape index (κ1) is 71.1. The number of benzene rings is 3. The minimum atomic E-state index is -0.780. The fourth-order valence-electron chi connectivity index (χ4n) is 13.6. The van der Waals surface area contributed by atoms with Crippen LogP contribution in [0.4, 0.5) is 0 Å². The van der Waals surface area contributed by atoms with Gasteiger partial charge in [-0.15, -0.1) is 11.8 Å². The van der Waals surface area contributed by atoms with Crippen molar-refractivity contribution >= 4 is 83.5 Å². The molecular weight excluding hydrogens is 1220 g/mol. The van der Waals surface area contributed by atoms with Gasteiger partial charge in [-0.3, -0.25) is 57.7 Å². The monoisotopic (exact) mass is 1310 g/mol. The molecule has 21 heteroatoms. The third-order valence-electron chi connectivity index (χ3n) is 18.7. The average Bonchev–Trinajstić information content (AvgIpc) is 1.77. The Kier molecular flexibility index (Phi) is 25.9. The number of likely N-dealkylation sites (tertiary alicyclic amines) is 2. The number of fused-ring (bicyclic) bond motifs is 2. The normalized spacial score (nSPS) is 22.3. The van der Waals surface area contributed by atoms with Gasteiger partial charge in [0.1, 0.15) is 29.9 Å². The number of thiol groups is 1. The topological polar surface area (TPSA) is 241 Å². The van der Waals surface area contributed by atoms with E-state index in [1.165, 1.54) is 21.6 Å². The summed E-state index contributed by atoms with van der Waals surface area (Å²) in [4.78, 5) is 138. The summed E-state index contributed by atoms with van der Waals surface area (Å²) < 4.78 is 5.30. The molecule has 4 aliphatic heterocycles. The number of hydrogen-bond donors (Lipinski definition) is 5. The van der Waals surface area contributed by atoms with Crippen LogP contribution in [0.5, 0.6) is 5.75 Å². The van der Waals surface area contributed by atoms with Gasteiger partial charge in [0.05, 0.1) is 39.9 Å². The van der Waals surface area contributed by atoms with Gasteiger partial charge in [0.2, 0.25) is 35.4 Å². The van der Waals surface area contributed by atoms with Crippen LogP contribution in [-0.2, 0) is 34.5 Å². The van der Waals surface area contributed by atoms with Crippen LogP contribution in [0.25, 0.3) is 0 Å². The zero-order valence-corrected chi connectivity index (χ0v) is 56.3. The van der Waals surface area contributed by atoms with Crippen LogP contribution >= 0.6 is 24.4 Å². The molecule has 0 spiro atoms. The first-order valence-corrected chi connectivity index (χ1v) is 34.5. The van der Waals surface area contributed by atoms with E-state index in [1.54, 1.807) is 79.5 Å². The van der Waals surface area contributed by atoms with E-state index in [9.17, 15) is 47.9 Å². The third-order valence-corrected chi connectivity index (χ3v) is 20.6. The summed E-state index contributed by atoms with van der Waals surface area (Å²) in [6.07, 6.45) is 24.1. The molecule has 4 heterocycles. The van der Waals surface area contributed by atoms with E-state index in [1.807, 2.05) is 76.3 Å². The highest BCUT2D eigenvalue weighted by Crippen LogP contribution is 2.36. The molecule has 2 saturated heterocycles. The maximum Gasteiger partial charge on any atom is 0.261 e. The number of thioether (sulfide) groups is 1. The molecule has 9 rings (SSSR count). The molecular formula is C72H92N8O11S2. The minimum Gasteiger partial charge on any atom is -0.497 e. The number of unbranched alkanes of at least 4 members (excludes halogenated alkanes) is 2. The Morgan fingerprint density at radius 1 is 0.559 bits per heavy atom. The van der Waals surface area contributed by atoms with Crippen molar-refractivity contribution in [1.29, 1.82) is 0 Å².